The molecule has 0 aliphatic heterocycles. The predicted molar refractivity (Wildman–Crippen MR) is 64.6 cm³/mol. The van der Waals surface area contributed by atoms with Crippen LogP contribution in [0, 0.1) is 6.92 Å². The third-order valence-corrected chi connectivity index (χ3v) is 3.13. The SMILES string of the molecule is CCOC(=O)c1cc2cc(Br)c(C)cc2o1. The van der Waals surface area contributed by atoms with Crippen molar-refractivity contribution in [2.24, 2.45) is 0 Å². The summed E-state index contributed by atoms with van der Waals surface area (Å²) in [5.74, 6) is -0.179. The van der Waals surface area contributed by atoms with E-state index in [9.17, 15) is 4.79 Å². The van der Waals surface area contributed by atoms with Crippen LogP contribution in [0.3, 0.4) is 0 Å². The first kappa shape index (κ1) is 11.2. The number of hydrogen-bond donors (Lipinski definition) is 0. The van der Waals surface area contributed by atoms with E-state index >= 15 is 0 Å². The highest BCUT2D eigenvalue weighted by atomic mass is 79.9. The van der Waals surface area contributed by atoms with Crippen LogP contribution in [-0.2, 0) is 4.74 Å². The highest BCUT2D eigenvalue weighted by Crippen LogP contribution is 2.26. The minimum absolute atomic E-state index is 0.245. The molecule has 0 radical (unpaired) electrons. The Hall–Kier alpha value is -1.29. The van der Waals surface area contributed by atoms with Crippen LogP contribution < -0.4 is 0 Å². The van der Waals surface area contributed by atoms with Gasteiger partial charge in [-0.15, -0.1) is 0 Å². The number of esters is 1. The maximum atomic E-state index is 11.5. The van der Waals surface area contributed by atoms with E-state index in [1.54, 1.807) is 13.0 Å². The van der Waals surface area contributed by atoms with E-state index in [2.05, 4.69) is 15.9 Å². The quantitative estimate of drug-likeness (QED) is 0.789. The van der Waals surface area contributed by atoms with Gasteiger partial charge >= 0.3 is 5.97 Å². The standard InChI is InChI=1S/C12H11BrO3/c1-3-15-12(14)11-6-8-5-9(13)7(2)4-10(8)16-11/h4-6H,3H2,1-2H3. The molecule has 84 valence electrons. The van der Waals surface area contributed by atoms with Crippen molar-refractivity contribution in [2.45, 2.75) is 13.8 Å². The molecule has 4 heteroatoms. The highest BCUT2D eigenvalue weighted by Gasteiger charge is 2.13. The molecule has 2 rings (SSSR count). The molecule has 0 aliphatic rings. The molecule has 16 heavy (non-hydrogen) atoms. The second kappa shape index (κ2) is 4.29. The molecule has 1 aromatic heterocycles. The van der Waals surface area contributed by atoms with E-state index in [0.29, 0.717) is 12.2 Å². The summed E-state index contributed by atoms with van der Waals surface area (Å²) in [6.07, 6.45) is 0. The Morgan fingerprint density at radius 2 is 2.19 bits per heavy atom. The lowest BCUT2D eigenvalue weighted by molar-refractivity contribution is 0.0492. The topological polar surface area (TPSA) is 39.4 Å². The Balaban J connectivity index is 2.48. The van der Waals surface area contributed by atoms with Crippen molar-refractivity contribution in [3.8, 4) is 0 Å². The molecule has 0 N–H and O–H groups in total. The first-order valence-corrected chi connectivity index (χ1v) is 5.78. The Morgan fingerprint density at radius 3 is 2.88 bits per heavy atom. The van der Waals surface area contributed by atoms with Crippen LogP contribution in [0.15, 0.2) is 27.1 Å². The first-order valence-electron chi connectivity index (χ1n) is 4.98. The summed E-state index contributed by atoms with van der Waals surface area (Å²) < 4.78 is 11.3. The highest BCUT2D eigenvalue weighted by molar-refractivity contribution is 9.10. The molecule has 3 nitrogen and oxygen atoms in total. The number of fused-ring (bicyclic) bond motifs is 1. The smallest absolute Gasteiger partial charge is 0.374 e. The number of aryl methyl sites for hydroxylation is 1. The average Bonchev–Trinajstić information content (AvgIpc) is 2.62. The molecule has 0 aliphatic carbocycles. The third-order valence-electron chi connectivity index (χ3n) is 2.27. The van der Waals surface area contributed by atoms with Crippen LogP contribution in [-0.4, -0.2) is 12.6 Å². The van der Waals surface area contributed by atoms with Gasteiger partial charge in [-0.3, -0.25) is 0 Å². The fraction of sp³-hybridized carbons (Fsp3) is 0.250. The van der Waals surface area contributed by atoms with Gasteiger partial charge in [-0.25, -0.2) is 4.79 Å². The number of hydrogen-bond acceptors (Lipinski definition) is 3. The molecule has 0 unspecified atom stereocenters. The first-order chi connectivity index (χ1) is 7.61. The van der Waals surface area contributed by atoms with Gasteiger partial charge in [0.25, 0.3) is 0 Å². The number of carbonyl (C=O) groups is 1. The third kappa shape index (κ3) is 1.97. The van der Waals surface area contributed by atoms with Gasteiger partial charge < -0.3 is 9.15 Å². The molecule has 0 amide bonds. The van der Waals surface area contributed by atoms with E-state index < -0.39 is 5.97 Å². The Bertz CT molecular complexity index is 503. The van der Waals surface area contributed by atoms with Gasteiger partial charge in [0, 0.05) is 9.86 Å². The number of halogens is 1. The van der Waals surface area contributed by atoms with Crippen molar-refractivity contribution in [3.05, 3.63) is 34.0 Å². The van der Waals surface area contributed by atoms with Crippen molar-refractivity contribution in [2.75, 3.05) is 6.61 Å². The molecular weight excluding hydrogens is 272 g/mol. The van der Waals surface area contributed by atoms with E-state index in [4.69, 9.17) is 9.15 Å². The van der Waals surface area contributed by atoms with Crippen molar-refractivity contribution >= 4 is 32.9 Å². The molecule has 0 saturated heterocycles. The molecule has 0 saturated carbocycles. The molecule has 1 heterocycles. The van der Waals surface area contributed by atoms with E-state index in [1.165, 1.54) is 0 Å². The summed E-state index contributed by atoms with van der Waals surface area (Å²) in [6, 6.07) is 5.51. The van der Waals surface area contributed by atoms with Crippen LogP contribution in [0.1, 0.15) is 23.0 Å². The van der Waals surface area contributed by atoms with Crippen molar-refractivity contribution < 1.29 is 13.9 Å². The lowest BCUT2D eigenvalue weighted by Crippen LogP contribution is -2.02. The zero-order valence-electron chi connectivity index (χ0n) is 9.04. The number of ether oxygens (including phenoxy) is 1. The Kier molecular flexibility index (Phi) is 3.01. The summed E-state index contributed by atoms with van der Waals surface area (Å²) in [5, 5.41) is 0.889. The zero-order valence-corrected chi connectivity index (χ0v) is 10.6. The van der Waals surface area contributed by atoms with Crippen molar-refractivity contribution in [1.29, 1.82) is 0 Å². The second-order valence-corrected chi connectivity index (χ2v) is 4.32. The summed E-state index contributed by atoms with van der Waals surface area (Å²) in [6.45, 7) is 4.08. The molecule has 0 bridgehead atoms. The summed E-state index contributed by atoms with van der Waals surface area (Å²) >= 11 is 3.44. The number of benzene rings is 1. The van der Waals surface area contributed by atoms with Gasteiger partial charge in [-0.2, -0.15) is 0 Å². The van der Waals surface area contributed by atoms with E-state index in [-0.39, 0.29) is 5.76 Å². The Labute approximate surface area is 102 Å². The molecule has 0 spiro atoms. The Morgan fingerprint density at radius 1 is 1.44 bits per heavy atom. The van der Waals surface area contributed by atoms with Gasteiger partial charge in [0.05, 0.1) is 6.61 Å². The van der Waals surface area contributed by atoms with Gasteiger partial charge in [-0.1, -0.05) is 15.9 Å². The van der Waals surface area contributed by atoms with Gasteiger partial charge in [0.15, 0.2) is 0 Å². The fourth-order valence-corrected chi connectivity index (χ4v) is 1.82. The summed E-state index contributed by atoms with van der Waals surface area (Å²) in [7, 11) is 0. The minimum Gasteiger partial charge on any atom is -0.460 e. The maximum Gasteiger partial charge on any atom is 0.374 e. The van der Waals surface area contributed by atoms with Crippen molar-refractivity contribution in [3.63, 3.8) is 0 Å². The van der Waals surface area contributed by atoms with Gasteiger partial charge in [-0.05, 0) is 37.6 Å². The number of carbonyl (C=O) groups excluding carboxylic acids is 1. The largest absolute Gasteiger partial charge is 0.460 e. The van der Waals surface area contributed by atoms with E-state index in [0.717, 1.165) is 15.4 Å². The normalized spacial score (nSPS) is 10.7. The lowest BCUT2D eigenvalue weighted by Gasteiger charge is -1.96. The van der Waals surface area contributed by atoms with Crippen LogP contribution in [0.25, 0.3) is 11.0 Å². The van der Waals surface area contributed by atoms with Gasteiger partial charge in [0.2, 0.25) is 5.76 Å². The monoisotopic (exact) mass is 282 g/mol. The van der Waals surface area contributed by atoms with E-state index in [1.807, 2.05) is 19.1 Å². The van der Waals surface area contributed by atoms with Crippen LogP contribution >= 0.6 is 15.9 Å². The average molecular weight is 283 g/mol. The maximum absolute atomic E-state index is 11.5. The molecule has 0 fully saturated rings. The molecule has 1 aromatic carbocycles. The fourth-order valence-electron chi connectivity index (χ4n) is 1.46. The number of furan rings is 1. The van der Waals surface area contributed by atoms with Crippen molar-refractivity contribution in [1.82, 2.24) is 0 Å². The second-order valence-electron chi connectivity index (χ2n) is 3.47. The minimum atomic E-state index is -0.424. The lowest BCUT2D eigenvalue weighted by atomic mass is 10.2. The predicted octanol–water partition coefficient (Wildman–Crippen LogP) is 3.68. The van der Waals surface area contributed by atoms with Crippen LogP contribution in [0.4, 0.5) is 0 Å². The van der Waals surface area contributed by atoms with Crippen LogP contribution in [0.2, 0.25) is 0 Å². The summed E-state index contributed by atoms with van der Waals surface area (Å²) in [4.78, 5) is 11.5. The summed E-state index contributed by atoms with van der Waals surface area (Å²) in [5.41, 5.74) is 1.76. The van der Waals surface area contributed by atoms with Gasteiger partial charge in [0.1, 0.15) is 5.58 Å². The molecule has 0 atom stereocenters. The molecular formula is C12H11BrO3. The number of rotatable bonds is 2. The molecule has 2 aromatic rings. The van der Waals surface area contributed by atoms with Crippen LogP contribution in [0.5, 0.6) is 0 Å². The zero-order chi connectivity index (χ0) is 11.7.